The summed E-state index contributed by atoms with van der Waals surface area (Å²) < 4.78 is 43.6. The van der Waals surface area contributed by atoms with E-state index in [9.17, 15) is 17.6 Å². The van der Waals surface area contributed by atoms with Gasteiger partial charge >= 0.3 is 0 Å². The van der Waals surface area contributed by atoms with Crippen LogP contribution in [0.15, 0.2) is 29.2 Å². The Hall–Kier alpha value is -1.51. The van der Waals surface area contributed by atoms with Gasteiger partial charge in [-0.3, -0.25) is 4.79 Å². The van der Waals surface area contributed by atoms with Crippen LogP contribution in [0.4, 0.5) is 4.39 Å². The normalized spacial score (nSPS) is 12.9. The maximum absolute atomic E-state index is 12.7. The molecule has 0 heterocycles. The number of amides is 1. The van der Waals surface area contributed by atoms with Crippen molar-refractivity contribution in [2.45, 2.75) is 17.9 Å². The Labute approximate surface area is 117 Å². The van der Waals surface area contributed by atoms with Crippen molar-refractivity contribution in [3.05, 3.63) is 30.1 Å². The van der Waals surface area contributed by atoms with Crippen molar-refractivity contribution in [1.29, 1.82) is 0 Å². The molecule has 1 aromatic carbocycles. The Bertz CT molecular complexity index is 545. The molecule has 0 saturated carbocycles. The zero-order valence-corrected chi connectivity index (χ0v) is 12.0. The van der Waals surface area contributed by atoms with Crippen LogP contribution in [0.3, 0.4) is 0 Å². The number of methoxy groups -OCH3 is 1. The van der Waals surface area contributed by atoms with Crippen molar-refractivity contribution >= 4 is 15.9 Å². The minimum atomic E-state index is -3.86. The second-order valence-corrected chi connectivity index (χ2v) is 5.79. The fourth-order valence-electron chi connectivity index (χ4n) is 1.40. The molecule has 0 unspecified atom stereocenters. The number of carbonyl (C=O) groups excluding carboxylic acids is 1. The zero-order chi connectivity index (χ0) is 15.2. The van der Waals surface area contributed by atoms with Gasteiger partial charge in [-0.05, 0) is 31.2 Å². The van der Waals surface area contributed by atoms with Gasteiger partial charge in [0.25, 0.3) is 0 Å². The van der Waals surface area contributed by atoms with E-state index in [-0.39, 0.29) is 11.4 Å². The molecule has 1 amide bonds. The maximum atomic E-state index is 12.7. The van der Waals surface area contributed by atoms with Crippen LogP contribution in [0.5, 0.6) is 0 Å². The van der Waals surface area contributed by atoms with Gasteiger partial charge in [0.15, 0.2) is 0 Å². The van der Waals surface area contributed by atoms with E-state index in [1.807, 2.05) is 0 Å². The monoisotopic (exact) mass is 304 g/mol. The number of hydrogen-bond acceptors (Lipinski definition) is 4. The highest BCUT2D eigenvalue weighted by molar-refractivity contribution is 7.89. The lowest BCUT2D eigenvalue weighted by Gasteiger charge is -2.14. The van der Waals surface area contributed by atoms with Gasteiger partial charge in [0, 0.05) is 13.7 Å². The van der Waals surface area contributed by atoms with Gasteiger partial charge in [0.2, 0.25) is 15.9 Å². The average molecular weight is 304 g/mol. The van der Waals surface area contributed by atoms with E-state index in [0.29, 0.717) is 6.61 Å². The first-order valence-corrected chi connectivity index (χ1v) is 7.39. The van der Waals surface area contributed by atoms with Gasteiger partial charge in [-0.2, -0.15) is 4.72 Å². The minimum Gasteiger partial charge on any atom is -0.383 e. The minimum absolute atomic E-state index is 0.101. The summed E-state index contributed by atoms with van der Waals surface area (Å²) in [6, 6.07) is 3.40. The molecule has 1 rings (SSSR count). The van der Waals surface area contributed by atoms with Crippen LogP contribution in [0.25, 0.3) is 0 Å². The van der Waals surface area contributed by atoms with Crippen LogP contribution in [0, 0.1) is 5.82 Å². The van der Waals surface area contributed by atoms with E-state index in [1.165, 1.54) is 14.0 Å². The number of hydrogen-bond donors (Lipinski definition) is 2. The fourth-order valence-corrected chi connectivity index (χ4v) is 2.60. The van der Waals surface area contributed by atoms with Gasteiger partial charge < -0.3 is 10.1 Å². The van der Waals surface area contributed by atoms with Crippen molar-refractivity contribution in [1.82, 2.24) is 10.0 Å². The maximum Gasteiger partial charge on any atom is 0.241 e. The number of ether oxygens (including phenoxy) is 1. The molecule has 1 aromatic rings. The molecule has 0 aliphatic heterocycles. The molecular formula is C12H17FN2O4S. The van der Waals surface area contributed by atoms with Gasteiger partial charge in [0.1, 0.15) is 5.82 Å². The molecule has 0 aliphatic rings. The third-order valence-corrected chi connectivity index (χ3v) is 4.01. The van der Waals surface area contributed by atoms with Crippen LogP contribution >= 0.6 is 0 Å². The van der Waals surface area contributed by atoms with Gasteiger partial charge in [0.05, 0.1) is 17.5 Å². The molecule has 112 valence electrons. The van der Waals surface area contributed by atoms with Crippen molar-refractivity contribution < 1.29 is 22.3 Å². The summed E-state index contributed by atoms with van der Waals surface area (Å²) in [5.41, 5.74) is 0. The lowest BCUT2D eigenvalue weighted by molar-refractivity contribution is -0.122. The smallest absolute Gasteiger partial charge is 0.241 e. The molecule has 8 heteroatoms. The molecule has 0 radical (unpaired) electrons. The summed E-state index contributed by atoms with van der Waals surface area (Å²) in [6.45, 7) is 2.05. The Kier molecular flexibility index (Phi) is 6.05. The number of sulfonamides is 1. The number of carbonyl (C=O) groups is 1. The second kappa shape index (κ2) is 7.32. The number of rotatable bonds is 7. The van der Waals surface area contributed by atoms with Crippen LogP contribution in [-0.4, -0.2) is 40.6 Å². The zero-order valence-electron chi connectivity index (χ0n) is 11.2. The third-order valence-electron chi connectivity index (χ3n) is 2.45. The first-order valence-electron chi connectivity index (χ1n) is 5.91. The molecule has 0 aliphatic carbocycles. The van der Waals surface area contributed by atoms with E-state index >= 15 is 0 Å². The topological polar surface area (TPSA) is 84.5 Å². The van der Waals surface area contributed by atoms with Crippen LogP contribution in [-0.2, 0) is 19.6 Å². The largest absolute Gasteiger partial charge is 0.383 e. The van der Waals surface area contributed by atoms with E-state index < -0.39 is 27.8 Å². The van der Waals surface area contributed by atoms with Crippen molar-refractivity contribution in [2.24, 2.45) is 0 Å². The molecule has 0 saturated heterocycles. The summed E-state index contributed by atoms with van der Waals surface area (Å²) >= 11 is 0. The molecule has 0 bridgehead atoms. The van der Waals surface area contributed by atoms with Gasteiger partial charge in [-0.15, -0.1) is 0 Å². The van der Waals surface area contributed by atoms with Crippen molar-refractivity contribution in [2.75, 3.05) is 20.3 Å². The number of halogens is 1. The SMILES string of the molecule is COCCNC(=O)[C@H](C)NS(=O)(=O)c1ccc(F)cc1. The van der Waals surface area contributed by atoms with Gasteiger partial charge in [-0.1, -0.05) is 0 Å². The van der Waals surface area contributed by atoms with E-state index in [2.05, 4.69) is 10.0 Å². The molecule has 0 spiro atoms. The lowest BCUT2D eigenvalue weighted by atomic mass is 10.3. The number of benzene rings is 1. The molecule has 0 fully saturated rings. The lowest BCUT2D eigenvalue weighted by Crippen LogP contribution is -2.45. The first-order chi connectivity index (χ1) is 9.36. The predicted molar refractivity (Wildman–Crippen MR) is 71.1 cm³/mol. The molecule has 20 heavy (non-hydrogen) atoms. The predicted octanol–water partition coefficient (Wildman–Crippen LogP) is 0.255. The fraction of sp³-hybridized carbons (Fsp3) is 0.417. The molecular weight excluding hydrogens is 287 g/mol. The third kappa shape index (κ3) is 4.87. The van der Waals surface area contributed by atoms with E-state index in [4.69, 9.17) is 4.74 Å². The Morgan fingerprint density at radius 1 is 1.35 bits per heavy atom. The molecule has 6 nitrogen and oxygen atoms in total. The Balaban J connectivity index is 2.66. The average Bonchev–Trinajstić information content (AvgIpc) is 2.38. The summed E-state index contributed by atoms with van der Waals surface area (Å²) in [5, 5.41) is 2.52. The quantitative estimate of drug-likeness (QED) is 0.708. The molecule has 1 atom stereocenters. The standard InChI is InChI=1S/C12H17FN2O4S/c1-9(12(16)14-7-8-19-2)15-20(17,18)11-5-3-10(13)4-6-11/h3-6,9,15H,7-8H2,1-2H3,(H,14,16)/t9-/m0/s1. The second-order valence-electron chi connectivity index (χ2n) is 4.08. The van der Waals surface area contributed by atoms with E-state index in [0.717, 1.165) is 24.3 Å². The highest BCUT2D eigenvalue weighted by Gasteiger charge is 2.21. The van der Waals surface area contributed by atoms with Crippen LogP contribution in [0.2, 0.25) is 0 Å². The molecule has 0 aromatic heterocycles. The van der Waals surface area contributed by atoms with Crippen molar-refractivity contribution in [3.63, 3.8) is 0 Å². The van der Waals surface area contributed by atoms with Crippen LogP contribution in [0.1, 0.15) is 6.92 Å². The van der Waals surface area contributed by atoms with Crippen molar-refractivity contribution in [3.8, 4) is 0 Å². The highest BCUT2D eigenvalue weighted by Crippen LogP contribution is 2.10. The highest BCUT2D eigenvalue weighted by atomic mass is 32.2. The summed E-state index contributed by atoms with van der Waals surface area (Å²) in [6.07, 6.45) is 0. The molecule has 2 N–H and O–H groups in total. The van der Waals surface area contributed by atoms with E-state index in [1.54, 1.807) is 0 Å². The summed E-state index contributed by atoms with van der Waals surface area (Å²) in [7, 11) is -2.37. The summed E-state index contributed by atoms with van der Waals surface area (Å²) in [5.74, 6) is -0.998. The first kappa shape index (κ1) is 16.5. The Morgan fingerprint density at radius 3 is 2.50 bits per heavy atom. The number of nitrogens with one attached hydrogen (secondary N) is 2. The van der Waals surface area contributed by atoms with Crippen LogP contribution < -0.4 is 10.0 Å². The van der Waals surface area contributed by atoms with Gasteiger partial charge in [-0.25, -0.2) is 12.8 Å². The Morgan fingerprint density at radius 2 is 1.95 bits per heavy atom. The summed E-state index contributed by atoms with van der Waals surface area (Å²) in [4.78, 5) is 11.5.